The van der Waals surface area contributed by atoms with Crippen LogP contribution in [0.4, 0.5) is 0 Å². The first-order chi connectivity index (χ1) is 10.8. The van der Waals surface area contributed by atoms with Crippen LogP contribution in [0.2, 0.25) is 0 Å². The van der Waals surface area contributed by atoms with Crippen molar-refractivity contribution < 1.29 is 14.3 Å². The van der Waals surface area contributed by atoms with Crippen molar-refractivity contribution in [2.24, 2.45) is 11.3 Å². The molecule has 0 amide bonds. The normalized spacial score (nSPS) is 16.5. The number of ether oxygens (including phenoxy) is 2. The Labute approximate surface area is 141 Å². The smallest absolute Gasteiger partial charge is 0.312 e. The average Bonchev–Trinajstić information content (AvgIpc) is 2.53. The van der Waals surface area contributed by atoms with Gasteiger partial charge in [0.15, 0.2) is 0 Å². The monoisotopic (exact) mass is 320 g/mol. The highest BCUT2D eigenvalue weighted by molar-refractivity contribution is 5.79. The summed E-state index contributed by atoms with van der Waals surface area (Å²) < 4.78 is 11.1. The molecule has 0 spiro atoms. The van der Waals surface area contributed by atoms with E-state index in [0.29, 0.717) is 12.5 Å². The Balaban J connectivity index is 3.52. The first-order valence-electron chi connectivity index (χ1n) is 8.57. The number of carbonyl (C=O) groups is 1. The van der Waals surface area contributed by atoms with Crippen molar-refractivity contribution in [3.63, 3.8) is 0 Å². The number of hydrogen-bond acceptors (Lipinski definition) is 3. The molecule has 0 aliphatic heterocycles. The van der Waals surface area contributed by atoms with Crippen LogP contribution in [0.5, 0.6) is 5.75 Å². The van der Waals surface area contributed by atoms with Crippen molar-refractivity contribution in [3.05, 3.63) is 29.8 Å². The van der Waals surface area contributed by atoms with E-state index in [1.54, 1.807) is 7.11 Å². The van der Waals surface area contributed by atoms with Gasteiger partial charge in [-0.2, -0.15) is 0 Å². The summed E-state index contributed by atoms with van der Waals surface area (Å²) in [4.78, 5) is 12.9. The molecule has 0 N–H and O–H groups in total. The Kier molecular flexibility index (Phi) is 6.67. The van der Waals surface area contributed by atoms with Crippen LogP contribution >= 0.6 is 0 Å². The average molecular weight is 320 g/mol. The summed E-state index contributed by atoms with van der Waals surface area (Å²) in [6.07, 6.45) is 1.60. The molecule has 0 aromatic heterocycles. The van der Waals surface area contributed by atoms with E-state index in [4.69, 9.17) is 9.47 Å². The predicted octanol–water partition coefficient (Wildman–Crippen LogP) is 4.98. The highest BCUT2D eigenvalue weighted by Crippen LogP contribution is 2.51. The van der Waals surface area contributed by atoms with E-state index < -0.39 is 5.41 Å². The molecule has 130 valence electrons. The molecule has 0 aliphatic carbocycles. The Bertz CT molecular complexity index is 523. The van der Waals surface area contributed by atoms with Crippen molar-refractivity contribution in [2.45, 2.75) is 59.8 Å². The van der Waals surface area contributed by atoms with Gasteiger partial charge in [-0.3, -0.25) is 4.79 Å². The molecule has 3 nitrogen and oxygen atoms in total. The first kappa shape index (κ1) is 19.5. The quantitative estimate of drug-likeness (QED) is 0.634. The summed E-state index contributed by atoms with van der Waals surface area (Å²) >= 11 is 0. The lowest BCUT2D eigenvalue weighted by molar-refractivity contribution is -0.160. The molecule has 0 saturated heterocycles. The third-order valence-electron chi connectivity index (χ3n) is 5.17. The van der Waals surface area contributed by atoms with Gasteiger partial charge in [0.25, 0.3) is 0 Å². The molecule has 1 aromatic rings. The van der Waals surface area contributed by atoms with Gasteiger partial charge in [-0.1, -0.05) is 45.9 Å². The van der Waals surface area contributed by atoms with Crippen molar-refractivity contribution in [3.8, 4) is 5.75 Å². The zero-order valence-corrected chi connectivity index (χ0v) is 15.7. The van der Waals surface area contributed by atoms with E-state index in [2.05, 4.69) is 33.8 Å². The van der Waals surface area contributed by atoms with Crippen molar-refractivity contribution >= 4 is 5.97 Å². The molecule has 2 atom stereocenters. The number of benzene rings is 1. The molecular formula is C20H32O3. The van der Waals surface area contributed by atoms with Crippen LogP contribution in [0.3, 0.4) is 0 Å². The van der Waals surface area contributed by atoms with E-state index in [1.807, 2.05) is 32.0 Å². The zero-order chi connectivity index (χ0) is 17.7. The summed E-state index contributed by atoms with van der Waals surface area (Å²) in [6, 6.07) is 8.00. The lowest BCUT2D eigenvalue weighted by Crippen LogP contribution is -2.48. The molecule has 0 radical (unpaired) electrons. The van der Waals surface area contributed by atoms with E-state index in [0.717, 1.165) is 24.2 Å². The van der Waals surface area contributed by atoms with E-state index >= 15 is 0 Å². The SMILES string of the molecule is CCOC(=O)C(C)(CC(C)C)C(C)(CC)c1ccccc1OC. The molecular weight excluding hydrogens is 288 g/mol. The van der Waals surface area contributed by atoms with Gasteiger partial charge in [0.1, 0.15) is 5.75 Å². The maximum atomic E-state index is 12.9. The second-order valence-electron chi connectivity index (χ2n) is 7.04. The molecule has 1 rings (SSSR count). The largest absolute Gasteiger partial charge is 0.496 e. The second kappa shape index (κ2) is 7.85. The minimum atomic E-state index is -0.611. The summed E-state index contributed by atoms with van der Waals surface area (Å²) in [5.74, 6) is 1.10. The third kappa shape index (κ3) is 3.70. The van der Waals surface area contributed by atoms with Gasteiger partial charge in [-0.05, 0) is 38.7 Å². The lowest BCUT2D eigenvalue weighted by atomic mass is 9.57. The van der Waals surface area contributed by atoms with Gasteiger partial charge in [0, 0.05) is 11.0 Å². The van der Waals surface area contributed by atoms with Gasteiger partial charge < -0.3 is 9.47 Å². The molecule has 23 heavy (non-hydrogen) atoms. The number of methoxy groups -OCH3 is 1. The summed E-state index contributed by atoms with van der Waals surface area (Å²) in [5, 5.41) is 0. The fraction of sp³-hybridized carbons (Fsp3) is 0.650. The predicted molar refractivity (Wildman–Crippen MR) is 94.8 cm³/mol. The minimum absolute atomic E-state index is 0.121. The molecule has 0 aliphatic rings. The van der Waals surface area contributed by atoms with Crippen LogP contribution in [0.1, 0.15) is 59.9 Å². The second-order valence-corrected chi connectivity index (χ2v) is 7.04. The third-order valence-corrected chi connectivity index (χ3v) is 5.17. The standard InChI is InChI=1S/C20H32O3/c1-8-19(5,16-12-10-11-13-17(16)22-7)20(6,14-15(3)4)18(21)23-9-2/h10-13,15H,8-9,14H2,1-7H3. The number of carbonyl (C=O) groups excluding carboxylic acids is 1. The topological polar surface area (TPSA) is 35.5 Å². The molecule has 0 saturated carbocycles. The van der Waals surface area contributed by atoms with Crippen molar-refractivity contribution in [1.82, 2.24) is 0 Å². The lowest BCUT2D eigenvalue weighted by Gasteiger charge is -2.46. The molecule has 2 unspecified atom stereocenters. The fourth-order valence-electron chi connectivity index (χ4n) is 3.62. The first-order valence-corrected chi connectivity index (χ1v) is 8.57. The Morgan fingerprint density at radius 1 is 1.17 bits per heavy atom. The van der Waals surface area contributed by atoms with E-state index in [-0.39, 0.29) is 11.4 Å². The van der Waals surface area contributed by atoms with Gasteiger partial charge in [-0.15, -0.1) is 0 Å². The van der Waals surface area contributed by atoms with Crippen molar-refractivity contribution in [2.75, 3.05) is 13.7 Å². The Morgan fingerprint density at radius 2 is 1.78 bits per heavy atom. The molecule has 1 aromatic carbocycles. The van der Waals surface area contributed by atoms with E-state index in [1.165, 1.54) is 0 Å². The maximum Gasteiger partial charge on any atom is 0.312 e. The van der Waals surface area contributed by atoms with E-state index in [9.17, 15) is 4.79 Å². The fourth-order valence-corrected chi connectivity index (χ4v) is 3.62. The van der Waals surface area contributed by atoms with Crippen LogP contribution < -0.4 is 4.74 Å². The molecule has 0 fully saturated rings. The zero-order valence-electron chi connectivity index (χ0n) is 15.7. The van der Waals surface area contributed by atoms with Crippen LogP contribution in [0.15, 0.2) is 24.3 Å². The van der Waals surface area contributed by atoms with Gasteiger partial charge in [0.2, 0.25) is 0 Å². The highest BCUT2D eigenvalue weighted by atomic mass is 16.5. The Hall–Kier alpha value is -1.51. The minimum Gasteiger partial charge on any atom is -0.496 e. The maximum absolute atomic E-state index is 12.9. The van der Waals surface area contributed by atoms with Crippen LogP contribution in [-0.2, 0) is 14.9 Å². The summed E-state index contributed by atoms with van der Waals surface area (Å²) in [7, 11) is 1.68. The van der Waals surface area contributed by atoms with Crippen molar-refractivity contribution in [1.29, 1.82) is 0 Å². The summed E-state index contributed by atoms with van der Waals surface area (Å²) in [6.45, 7) is 12.9. The summed E-state index contributed by atoms with van der Waals surface area (Å²) in [5.41, 5.74) is 0.0950. The van der Waals surface area contributed by atoms with Gasteiger partial charge in [-0.25, -0.2) is 0 Å². The van der Waals surface area contributed by atoms with Gasteiger partial charge >= 0.3 is 5.97 Å². The number of esters is 1. The molecule has 3 heteroatoms. The Morgan fingerprint density at radius 3 is 2.26 bits per heavy atom. The number of hydrogen-bond donors (Lipinski definition) is 0. The molecule has 0 bridgehead atoms. The highest BCUT2D eigenvalue weighted by Gasteiger charge is 2.52. The van der Waals surface area contributed by atoms with Crippen LogP contribution in [-0.4, -0.2) is 19.7 Å². The van der Waals surface area contributed by atoms with Crippen LogP contribution in [0.25, 0.3) is 0 Å². The number of para-hydroxylation sites is 1. The number of rotatable bonds is 8. The van der Waals surface area contributed by atoms with Gasteiger partial charge in [0.05, 0.1) is 19.1 Å². The molecule has 0 heterocycles. The van der Waals surface area contributed by atoms with Crippen LogP contribution in [0, 0.1) is 11.3 Å².